The third-order valence-corrected chi connectivity index (χ3v) is 6.69. The first-order chi connectivity index (χ1) is 13.6. The molecule has 0 radical (unpaired) electrons. The van der Waals surface area contributed by atoms with E-state index in [-0.39, 0.29) is 40.8 Å². The van der Waals surface area contributed by atoms with Crippen molar-refractivity contribution in [2.45, 2.75) is 33.6 Å². The number of nitrogens with zero attached hydrogens (tertiary/aromatic N) is 1. The highest BCUT2D eigenvalue weighted by atomic mass is 16.6. The Kier molecular flexibility index (Phi) is 4.12. The van der Waals surface area contributed by atoms with E-state index in [0.29, 0.717) is 11.1 Å². The van der Waals surface area contributed by atoms with Gasteiger partial charge in [-0.1, -0.05) is 18.6 Å². The van der Waals surface area contributed by atoms with Crippen molar-refractivity contribution in [2.24, 2.45) is 16.7 Å². The van der Waals surface area contributed by atoms with Gasteiger partial charge >= 0.3 is 5.97 Å². The zero-order chi connectivity index (χ0) is 21.1. The molecule has 7 nitrogen and oxygen atoms in total. The molecule has 0 unspecified atom stereocenters. The summed E-state index contributed by atoms with van der Waals surface area (Å²) < 4.78 is 5.35. The van der Waals surface area contributed by atoms with Crippen LogP contribution in [0.4, 0.5) is 5.69 Å². The molecule has 7 heteroatoms. The molecule has 3 aliphatic carbocycles. The van der Waals surface area contributed by atoms with Crippen LogP contribution in [0.25, 0.3) is 0 Å². The van der Waals surface area contributed by atoms with E-state index < -0.39 is 16.3 Å². The molecule has 3 aliphatic rings. The predicted octanol–water partition coefficient (Wildman–Crippen LogP) is 3.58. The second-order valence-electron chi connectivity index (χ2n) is 8.43. The molecule has 29 heavy (non-hydrogen) atoms. The molecule has 1 fully saturated rings. The molecule has 0 N–H and O–H groups in total. The lowest BCUT2D eigenvalue weighted by atomic mass is 9.71. The monoisotopic (exact) mass is 395 g/mol. The minimum absolute atomic E-state index is 0.0122. The molecule has 0 saturated heterocycles. The van der Waals surface area contributed by atoms with Gasteiger partial charge in [0.05, 0.1) is 15.9 Å². The summed E-state index contributed by atoms with van der Waals surface area (Å²) in [4.78, 5) is 48.6. The molecule has 0 aliphatic heterocycles. The summed E-state index contributed by atoms with van der Waals surface area (Å²) in [5.41, 5.74) is 0.680. The van der Waals surface area contributed by atoms with Gasteiger partial charge < -0.3 is 4.74 Å². The Morgan fingerprint density at radius 1 is 1.24 bits per heavy atom. The van der Waals surface area contributed by atoms with E-state index in [1.165, 1.54) is 24.3 Å². The summed E-state index contributed by atoms with van der Waals surface area (Å²) in [6, 6.07) is 5.07. The van der Waals surface area contributed by atoms with Gasteiger partial charge in [-0.05, 0) is 38.8 Å². The second-order valence-corrected chi connectivity index (χ2v) is 8.43. The van der Waals surface area contributed by atoms with E-state index >= 15 is 0 Å². The van der Waals surface area contributed by atoms with Gasteiger partial charge in [-0.3, -0.25) is 19.7 Å². The van der Waals surface area contributed by atoms with E-state index in [9.17, 15) is 24.5 Å². The lowest BCUT2D eigenvalue weighted by Crippen LogP contribution is -2.34. The highest BCUT2D eigenvalue weighted by Gasteiger charge is 2.59. The van der Waals surface area contributed by atoms with Crippen molar-refractivity contribution in [1.82, 2.24) is 0 Å². The Bertz CT molecular complexity index is 1030. The van der Waals surface area contributed by atoms with Gasteiger partial charge in [-0.2, -0.15) is 0 Å². The van der Waals surface area contributed by atoms with Crippen molar-refractivity contribution in [3.05, 3.63) is 62.7 Å². The molecule has 1 saturated carbocycles. The van der Waals surface area contributed by atoms with Crippen LogP contribution in [0.15, 0.2) is 47.1 Å². The zero-order valence-electron chi connectivity index (χ0n) is 16.5. The minimum atomic E-state index is -1.10. The smallest absolute Gasteiger partial charge is 0.338 e. The maximum atomic E-state index is 13.2. The fourth-order valence-electron chi connectivity index (χ4n) is 4.56. The third kappa shape index (κ3) is 2.75. The van der Waals surface area contributed by atoms with Gasteiger partial charge in [0, 0.05) is 34.6 Å². The molecule has 0 amide bonds. The summed E-state index contributed by atoms with van der Waals surface area (Å²) in [5.74, 6) is -1.02. The number of hydrogen-bond donors (Lipinski definition) is 0. The van der Waals surface area contributed by atoms with Crippen LogP contribution < -0.4 is 0 Å². The highest BCUT2D eigenvalue weighted by molar-refractivity contribution is 6.21. The van der Waals surface area contributed by atoms with Crippen LogP contribution in [0.1, 0.15) is 44.0 Å². The Morgan fingerprint density at radius 2 is 1.86 bits per heavy atom. The summed E-state index contributed by atoms with van der Waals surface area (Å²) in [7, 11) is 0. The van der Waals surface area contributed by atoms with E-state index in [1.54, 1.807) is 13.0 Å². The number of fused-ring (bicyclic) bond motifs is 1. The van der Waals surface area contributed by atoms with E-state index in [2.05, 4.69) is 0 Å². The average molecular weight is 395 g/mol. The Labute approximate surface area is 167 Å². The predicted molar refractivity (Wildman–Crippen MR) is 103 cm³/mol. The first kappa shape index (κ1) is 19.2. The van der Waals surface area contributed by atoms with Gasteiger partial charge in [0.1, 0.15) is 6.61 Å². The topological polar surface area (TPSA) is 104 Å². The number of rotatable bonds is 4. The molecular weight excluding hydrogens is 374 g/mol. The van der Waals surface area contributed by atoms with Crippen LogP contribution in [0.2, 0.25) is 0 Å². The number of allylic oxidation sites excluding steroid dienone is 3. The van der Waals surface area contributed by atoms with Crippen molar-refractivity contribution >= 4 is 23.2 Å². The number of nitro groups is 1. The summed E-state index contributed by atoms with van der Waals surface area (Å²) in [6.45, 7) is 5.33. The van der Waals surface area contributed by atoms with Crippen LogP contribution in [-0.2, 0) is 14.3 Å². The zero-order valence-corrected chi connectivity index (χ0v) is 16.5. The number of non-ortho nitro benzene ring substituents is 1. The third-order valence-electron chi connectivity index (χ3n) is 6.69. The maximum absolute atomic E-state index is 13.2. The molecule has 4 rings (SSSR count). The van der Waals surface area contributed by atoms with Crippen LogP contribution in [0.5, 0.6) is 0 Å². The molecule has 2 atom stereocenters. The Balaban J connectivity index is 1.55. The van der Waals surface area contributed by atoms with Crippen LogP contribution in [0.3, 0.4) is 0 Å². The Hall–Kier alpha value is -3.09. The Morgan fingerprint density at radius 3 is 2.41 bits per heavy atom. The lowest BCUT2D eigenvalue weighted by Gasteiger charge is -2.31. The second kappa shape index (κ2) is 6.20. The largest absolute Gasteiger partial charge is 0.461 e. The first-order valence-electron chi connectivity index (χ1n) is 9.56. The minimum Gasteiger partial charge on any atom is -0.461 e. The number of esters is 1. The number of carbonyl (C=O) groups is 3. The van der Waals surface area contributed by atoms with Crippen molar-refractivity contribution in [2.75, 3.05) is 6.61 Å². The van der Waals surface area contributed by atoms with Crippen molar-refractivity contribution in [1.29, 1.82) is 0 Å². The molecule has 0 heterocycles. The SMILES string of the molecule is CC1=C2C(=O)[C@](C)(COC(=O)c3ccc([N+](=O)[O-])cc3)C=C2C(=O)[C@@H](C)C12CC2. The van der Waals surface area contributed by atoms with Gasteiger partial charge in [-0.15, -0.1) is 0 Å². The molecule has 1 aromatic rings. The number of carbonyl (C=O) groups excluding carboxylic acids is 3. The van der Waals surface area contributed by atoms with E-state index in [4.69, 9.17) is 4.74 Å². The number of hydrogen-bond acceptors (Lipinski definition) is 6. The molecule has 1 spiro atoms. The van der Waals surface area contributed by atoms with Gasteiger partial charge in [-0.25, -0.2) is 4.79 Å². The molecule has 0 aromatic heterocycles. The van der Waals surface area contributed by atoms with E-state index in [1.807, 2.05) is 13.8 Å². The molecule has 0 bridgehead atoms. The van der Waals surface area contributed by atoms with Crippen molar-refractivity contribution < 1.29 is 24.0 Å². The number of ether oxygens (including phenoxy) is 1. The van der Waals surface area contributed by atoms with Crippen LogP contribution in [0, 0.1) is 26.9 Å². The normalized spacial score (nSPS) is 27.0. The summed E-state index contributed by atoms with van der Waals surface area (Å²) in [5, 5.41) is 10.7. The number of benzene rings is 1. The molecule has 1 aromatic carbocycles. The van der Waals surface area contributed by atoms with Gasteiger partial charge in [0.15, 0.2) is 11.6 Å². The summed E-state index contributed by atoms with van der Waals surface area (Å²) in [6.07, 6.45) is 3.48. The van der Waals surface area contributed by atoms with Crippen molar-refractivity contribution in [3.8, 4) is 0 Å². The van der Waals surface area contributed by atoms with Crippen molar-refractivity contribution in [3.63, 3.8) is 0 Å². The van der Waals surface area contributed by atoms with Crippen LogP contribution in [-0.4, -0.2) is 29.1 Å². The number of ketones is 2. The number of nitro benzene ring substituents is 1. The first-order valence-corrected chi connectivity index (χ1v) is 9.56. The molecular formula is C22H21NO6. The fraction of sp³-hybridized carbons (Fsp3) is 0.409. The van der Waals surface area contributed by atoms with Gasteiger partial charge in [0.25, 0.3) is 5.69 Å². The fourth-order valence-corrected chi connectivity index (χ4v) is 4.56. The maximum Gasteiger partial charge on any atom is 0.338 e. The van der Waals surface area contributed by atoms with Gasteiger partial charge in [0.2, 0.25) is 0 Å². The average Bonchev–Trinajstić information content (AvgIpc) is 3.46. The highest BCUT2D eigenvalue weighted by Crippen LogP contribution is 2.63. The van der Waals surface area contributed by atoms with E-state index in [0.717, 1.165) is 18.4 Å². The summed E-state index contributed by atoms with van der Waals surface area (Å²) >= 11 is 0. The quantitative estimate of drug-likeness (QED) is 0.438. The molecule has 150 valence electrons. The van der Waals surface area contributed by atoms with Crippen LogP contribution >= 0.6 is 0 Å². The number of Topliss-reactive ketones (excluding diaryl/α,β-unsaturated/α-hetero) is 2. The lowest BCUT2D eigenvalue weighted by molar-refractivity contribution is -0.384. The standard InChI is InChI=1S/C22H21NO6/c1-12-17-16(18(24)13(2)22(12)8-9-22)10-21(3,19(17)25)11-29-20(26)14-4-6-15(7-5-14)23(27)28/h4-7,10,13H,8-9,11H2,1-3H3/t13-,21+/m1/s1.